The normalized spacial score (nSPS) is 13.1. The fourth-order valence-electron chi connectivity index (χ4n) is 1.84. The van der Waals surface area contributed by atoms with Crippen molar-refractivity contribution in [3.63, 3.8) is 0 Å². The van der Waals surface area contributed by atoms with Gasteiger partial charge >= 0.3 is 11.9 Å². The molecule has 108 valence electrons. The molecule has 0 bridgehead atoms. The lowest BCUT2D eigenvalue weighted by atomic mass is 9.90. The molecule has 0 unspecified atom stereocenters. The Bertz CT molecular complexity index is 500. The third-order valence-corrected chi connectivity index (χ3v) is 2.69. The van der Waals surface area contributed by atoms with Crippen molar-refractivity contribution in [1.82, 2.24) is 5.32 Å². The fraction of sp³-hybridized carbons (Fsp3) is 0.357. The van der Waals surface area contributed by atoms with E-state index in [1.165, 1.54) is 0 Å². The van der Waals surface area contributed by atoms with Gasteiger partial charge in [-0.3, -0.25) is 4.79 Å². The van der Waals surface area contributed by atoms with Crippen molar-refractivity contribution in [2.45, 2.75) is 25.8 Å². The number of hydrogen-bond acceptors (Lipinski definition) is 4. The molecule has 20 heavy (non-hydrogen) atoms. The van der Waals surface area contributed by atoms with E-state index in [1.54, 1.807) is 37.3 Å². The van der Waals surface area contributed by atoms with Crippen molar-refractivity contribution < 1.29 is 24.2 Å². The zero-order valence-corrected chi connectivity index (χ0v) is 11.4. The Morgan fingerprint density at radius 3 is 2.30 bits per heavy atom. The molecular weight excluding hydrogens is 262 g/mol. The molecule has 2 N–H and O–H groups in total. The number of nitrogens with one attached hydrogen (secondary N) is 1. The van der Waals surface area contributed by atoms with Crippen molar-refractivity contribution in [3.05, 3.63) is 35.9 Å². The van der Waals surface area contributed by atoms with E-state index in [0.29, 0.717) is 5.56 Å². The van der Waals surface area contributed by atoms with Crippen molar-refractivity contribution in [1.29, 1.82) is 0 Å². The number of rotatable bonds is 6. The van der Waals surface area contributed by atoms with Gasteiger partial charge in [-0.1, -0.05) is 30.3 Å². The highest BCUT2D eigenvalue weighted by molar-refractivity contribution is 6.07. The second-order valence-corrected chi connectivity index (χ2v) is 4.27. The Morgan fingerprint density at radius 1 is 1.25 bits per heavy atom. The first-order valence-corrected chi connectivity index (χ1v) is 6.15. The van der Waals surface area contributed by atoms with E-state index in [0.717, 1.165) is 6.92 Å². The second kappa shape index (κ2) is 6.70. The van der Waals surface area contributed by atoms with Crippen LogP contribution in [0.5, 0.6) is 0 Å². The van der Waals surface area contributed by atoms with Gasteiger partial charge in [0.05, 0.1) is 6.61 Å². The van der Waals surface area contributed by atoms with E-state index >= 15 is 0 Å². The highest BCUT2D eigenvalue weighted by Gasteiger charge is 2.48. The lowest BCUT2D eigenvalue weighted by molar-refractivity contribution is -0.164. The Balaban J connectivity index is 3.18. The van der Waals surface area contributed by atoms with Crippen molar-refractivity contribution in [2.24, 2.45) is 0 Å². The van der Waals surface area contributed by atoms with Crippen LogP contribution in [-0.2, 0) is 25.5 Å². The lowest BCUT2D eigenvalue weighted by Gasteiger charge is -2.27. The summed E-state index contributed by atoms with van der Waals surface area (Å²) >= 11 is 0. The van der Waals surface area contributed by atoms with Gasteiger partial charge in [-0.25, -0.2) is 9.59 Å². The maximum absolute atomic E-state index is 12.0. The smallest absolute Gasteiger partial charge is 0.344 e. The number of carboxylic acid groups (broad SMARTS) is 1. The quantitative estimate of drug-likeness (QED) is 0.592. The molecule has 1 amide bonds. The third-order valence-electron chi connectivity index (χ3n) is 2.69. The summed E-state index contributed by atoms with van der Waals surface area (Å²) in [4.78, 5) is 34.9. The molecule has 0 radical (unpaired) electrons. The Kier molecular flexibility index (Phi) is 5.25. The Labute approximate surface area is 116 Å². The van der Waals surface area contributed by atoms with Crippen LogP contribution in [0.4, 0.5) is 0 Å². The number of esters is 1. The number of aliphatic carboxylic acids is 1. The summed E-state index contributed by atoms with van der Waals surface area (Å²) in [5, 5.41) is 11.6. The number of carbonyl (C=O) groups excluding carboxylic acids is 2. The number of benzene rings is 1. The van der Waals surface area contributed by atoms with Gasteiger partial charge in [0.15, 0.2) is 0 Å². The Hall–Kier alpha value is -2.37. The lowest BCUT2D eigenvalue weighted by Crippen LogP contribution is -2.61. The number of carboxylic acids is 1. The molecule has 0 spiro atoms. The SMILES string of the molecule is CCOC(=O)[C@@](Cc1ccccc1)(NC(C)=O)C(=O)O. The largest absolute Gasteiger partial charge is 0.479 e. The first-order valence-electron chi connectivity index (χ1n) is 6.15. The molecule has 1 rings (SSSR count). The van der Waals surface area contributed by atoms with Gasteiger partial charge in [0.1, 0.15) is 0 Å². The summed E-state index contributed by atoms with van der Waals surface area (Å²) in [6.45, 7) is 2.75. The molecule has 0 aliphatic rings. The van der Waals surface area contributed by atoms with Crippen LogP contribution in [0, 0.1) is 0 Å². The highest BCUT2D eigenvalue weighted by Crippen LogP contribution is 2.17. The Morgan fingerprint density at radius 2 is 1.85 bits per heavy atom. The minimum Gasteiger partial charge on any atom is -0.479 e. The second-order valence-electron chi connectivity index (χ2n) is 4.27. The zero-order valence-electron chi connectivity index (χ0n) is 11.4. The van der Waals surface area contributed by atoms with Crippen LogP contribution in [0.15, 0.2) is 30.3 Å². The predicted molar refractivity (Wildman–Crippen MR) is 71.0 cm³/mol. The average Bonchev–Trinajstić information content (AvgIpc) is 2.38. The molecule has 0 saturated carbocycles. The number of carbonyl (C=O) groups is 3. The minimum absolute atomic E-state index is 0.0300. The maximum atomic E-state index is 12.0. The molecular formula is C14H17NO5. The molecule has 0 aliphatic heterocycles. The van der Waals surface area contributed by atoms with Gasteiger partial charge in [0.2, 0.25) is 11.4 Å². The molecule has 0 aliphatic carbocycles. The van der Waals surface area contributed by atoms with E-state index in [1.807, 2.05) is 0 Å². The molecule has 1 aromatic rings. The first-order chi connectivity index (χ1) is 9.42. The van der Waals surface area contributed by atoms with Gasteiger partial charge < -0.3 is 15.2 Å². The number of ether oxygens (including phenoxy) is 1. The van der Waals surface area contributed by atoms with Crippen LogP contribution in [-0.4, -0.2) is 35.1 Å². The van der Waals surface area contributed by atoms with Crippen LogP contribution in [0.25, 0.3) is 0 Å². The molecule has 0 heterocycles. The molecule has 6 nitrogen and oxygen atoms in total. The van der Waals surface area contributed by atoms with Crippen molar-refractivity contribution >= 4 is 17.8 Å². The van der Waals surface area contributed by atoms with Gasteiger partial charge in [0, 0.05) is 13.3 Å². The summed E-state index contributed by atoms with van der Waals surface area (Å²) in [5.74, 6) is -3.04. The standard InChI is InChI=1S/C14H17NO5/c1-3-20-13(19)14(12(17)18,15-10(2)16)9-11-7-5-4-6-8-11/h4-8H,3,9H2,1-2H3,(H,15,16)(H,17,18)/t14-/m0/s1. The maximum Gasteiger partial charge on any atom is 0.344 e. The van der Waals surface area contributed by atoms with Crippen LogP contribution in [0.1, 0.15) is 19.4 Å². The molecule has 1 aromatic carbocycles. The minimum atomic E-state index is -2.11. The summed E-state index contributed by atoms with van der Waals surface area (Å²) in [6, 6.07) is 8.58. The van der Waals surface area contributed by atoms with Crippen molar-refractivity contribution in [2.75, 3.05) is 6.61 Å². The molecule has 0 saturated heterocycles. The third kappa shape index (κ3) is 3.57. The highest BCUT2D eigenvalue weighted by atomic mass is 16.5. The molecule has 0 aromatic heterocycles. The predicted octanol–water partition coefficient (Wildman–Crippen LogP) is 0.752. The molecule has 1 atom stereocenters. The van der Waals surface area contributed by atoms with Gasteiger partial charge in [-0.2, -0.15) is 0 Å². The van der Waals surface area contributed by atoms with Crippen LogP contribution < -0.4 is 5.32 Å². The molecule has 6 heteroatoms. The summed E-state index contributed by atoms with van der Waals surface area (Å²) < 4.78 is 4.81. The number of hydrogen-bond donors (Lipinski definition) is 2. The first kappa shape index (κ1) is 15.7. The van der Waals surface area contributed by atoms with Gasteiger partial charge in [-0.05, 0) is 12.5 Å². The summed E-state index contributed by atoms with van der Waals surface area (Å²) in [6.07, 6.45) is -0.179. The van der Waals surface area contributed by atoms with E-state index in [2.05, 4.69) is 5.32 Å². The van der Waals surface area contributed by atoms with Gasteiger partial charge in [-0.15, -0.1) is 0 Å². The zero-order chi connectivity index (χ0) is 15.2. The van der Waals surface area contributed by atoms with Crippen LogP contribution in [0.2, 0.25) is 0 Å². The van der Waals surface area contributed by atoms with Gasteiger partial charge in [0.25, 0.3) is 0 Å². The average molecular weight is 279 g/mol. The van der Waals surface area contributed by atoms with E-state index in [9.17, 15) is 19.5 Å². The topological polar surface area (TPSA) is 92.7 Å². The summed E-state index contributed by atoms with van der Waals surface area (Å²) in [5.41, 5.74) is -1.50. The monoisotopic (exact) mass is 279 g/mol. The van der Waals surface area contributed by atoms with E-state index in [4.69, 9.17) is 4.74 Å². The number of amides is 1. The van der Waals surface area contributed by atoms with Crippen molar-refractivity contribution in [3.8, 4) is 0 Å². The fourth-order valence-corrected chi connectivity index (χ4v) is 1.84. The van der Waals surface area contributed by atoms with Crippen LogP contribution >= 0.6 is 0 Å². The van der Waals surface area contributed by atoms with Crippen LogP contribution in [0.3, 0.4) is 0 Å². The van der Waals surface area contributed by atoms with E-state index < -0.39 is 23.4 Å². The summed E-state index contributed by atoms with van der Waals surface area (Å²) in [7, 11) is 0. The van der Waals surface area contributed by atoms with E-state index in [-0.39, 0.29) is 13.0 Å². The molecule has 0 fully saturated rings.